The van der Waals surface area contributed by atoms with Gasteiger partial charge in [0.05, 0.1) is 10.5 Å². The fourth-order valence-electron chi connectivity index (χ4n) is 1.85. The molecular weight excluding hydrogens is 348 g/mol. The zero-order chi connectivity index (χ0) is 18.6. The molecular formula is C15H14N4O5S. The van der Waals surface area contributed by atoms with Crippen LogP contribution >= 0.6 is 0 Å². The maximum absolute atomic E-state index is 11.9. The molecule has 2 rings (SSSR count). The van der Waals surface area contributed by atoms with Crippen LogP contribution in [0, 0.1) is 0 Å². The Kier molecular flexibility index (Phi) is 5.15. The van der Waals surface area contributed by atoms with Gasteiger partial charge in [0.25, 0.3) is 5.91 Å². The van der Waals surface area contributed by atoms with Crippen LogP contribution in [0.2, 0.25) is 0 Å². The molecule has 0 unspecified atom stereocenters. The second kappa shape index (κ2) is 7.11. The second-order valence-corrected chi connectivity index (χ2v) is 6.46. The number of hydrogen-bond donors (Lipinski definition) is 4. The van der Waals surface area contributed by atoms with Crippen molar-refractivity contribution >= 4 is 39.1 Å². The van der Waals surface area contributed by atoms with Crippen LogP contribution in [0.25, 0.3) is 0 Å². The summed E-state index contributed by atoms with van der Waals surface area (Å²) in [5.41, 5.74) is 5.98. The van der Waals surface area contributed by atoms with Gasteiger partial charge in [-0.3, -0.25) is 19.7 Å². The molecule has 0 aliphatic carbocycles. The zero-order valence-corrected chi connectivity index (χ0v) is 13.5. The number of carbonyl (C=O) groups is 3. The molecule has 0 radical (unpaired) electrons. The molecule has 0 saturated heterocycles. The number of para-hydroxylation sites is 1. The maximum Gasteiger partial charge on any atom is 0.316 e. The van der Waals surface area contributed by atoms with E-state index < -0.39 is 27.7 Å². The fraction of sp³-hybridized carbons (Fsp3) is 0. The van der Waals surface area contributed by atoms with Gasteiger partial charge >= 0.3 is 11.8 Å². The first-order valence-electron chi connectivity index (χ1n) is 6.82. The minimum atomic E-state index is -3.86. The van der Waals surface area contributed by atoms with Crippen LogP contribution in [0.4, 0.5) is 11.4 Å². The third-order valence-electron chi connectivity index (χ3n) is 3.08. The summed E-state index contributed by atoms with van der Waals surface area (Å²) >= 11 is 0. The van der Waals surface area contributed by atoms with E-state index in [2.05, 4.69) is 5.32 Å². The largest absolute Gasteiger partial charge is 0.398 e. The summed E-state index contributed by atoms with van der Waals surface area (Å²) in [6.45, 7) is 0. The molecule has 0 fully saturated rings. The summed E-state index contributed by atoms with van der Waals surface area (Å²) in [4.78, 5) is 35.3. The van der Waals surface area contributed by atoms with Crippen LogP contribution in [-0.2, 0) is 19.6 Å². The standard InChI is InChI=1S/C15H14N4O5S/c16-12-4-2-1-3-11(12)13(20)19-15(22)14(21)18-9-5-7-10(8-6-9)25(17,23)24/h1-8H,16H2,(H,18,21)(H2,17,23,24)(H,19,20,22). The number of anilines is 2. The lowest BCUT2D eigenvalue weighted by Gasteiger charge is -2.07. The highest BCUT2D eigenvalue weighted by atomic mass is 32.2. The van der Waals surface area contributed by atoms with E-state index in [4.69, 9.17) is 10.9 Å². The number of rotatable bonds is 3. The van der Waals surface area contributed by atoms with Crippen molar-refractivity contribution in [2.45, 2.75) is 4.90 Å². The fourth-order valence-corrected chi connectivity index (χ4v) is 2.36. The Bertz CT molecular complexity index is 939. The van der Waals surface area contributed by atoms with Crippen LogP contribution in [-0.4, -0.2) is 26.1 Å². The summed E-state index contributed by atoms with van der Waals surface area (Å²) in [5, 5.41) is 9.08. The van der Waals surface area contributed by atoms with E-state index in [1.54, 1.807) is 12.1 Å². The number of hydrogen-bond acceptors (Lipinski definition) is 6. The molecule has 0 heterocycles. The smallest absolute Gasteiger partial charge is 0.316 e. The highest BCUT2D eigenvalue weighted by Gasteiger charge is 2.19. The highest BCUT2D eigenvalue weighted by molar-refractivity contribution is 7.89. The number of sulfonamides is 1. The molecule has 6 N–H and O–H groups in total. The Hall–Kier alpha value is -3.24. The maximum atomic E-state index is 11.9. The molecule has 9 nitrogen and oxygen atoms in total. The Morgan fingerprint density at radius 3 is 2.04 bits per heavy atom. The molecule has 0 bridgehead atoms. The van der Waals surface area contributed by atoms with Crippen molar-refractivity contribution in [1.29, 1.82) is 0 Å². The third kappa shape index (κ3) is 4.62. The van der Waals surface area contributed by atoms with Crippen molar-refractivity contribution in [2.24, 2.45) is 5.14 Å². The average molecular weight is 362 g/mol. The van der Waals surface area contributed by atoms with Gasteiger partial charge in [-0.15, -0.1) is 0 Å². The molecule has 0 spiro atoms. The van der Waals surface area contributed by atoms with E-state index in [1.165, 1.54) is 36.4 Å². The van der Waals surface area contributed by atoms with Crippen LogP contribution in [0.3, 0.4) is 0 Å². The summed E-state index contributed by atoms with van der Waals surface area (Å²) in [7, 11) is -3.86. The predicted octanol–water partition coefficient (Wildman–Crippen LogP) is -0.189. The quantitative estimate of drug-likeness (QED) is 0.437. The Labute approximate surface area is 143 Å². The van der Waals surface area contributed by atoms with E-state index >= 15 is 0 Å². The lowest BCUT2D eigenvalue weighted by Crippen LogP contribution is -2.39. The van der Waals surface area contributed by atoms with Gasteiger partial charge < -0.3 is 11.1 Å². The van der Waals surface area contributed by atoms with Gasteiger partial charge in [-0.25, -0.2) is 13.6 Å². The first kappa shape index (κ1) is 18.1. The molecule has 0 saturated carbocycles. The number of imide groups is 1. The van der Waals surface area contributed by atoms with Crippen molar-refractivity contribution in [2.75, 3.05) is 11.1 Å². The Balaban J connectivity index is 2.02. The van der Waals surface area contributed by atoms with E-state index in [-0.39, 0.29) is 21.8 Å². The van der Waals surface area contributed by atoms with Crippen molar-refractivity contribution in [1.82, 2.24) is 5.32 Å². The summed E-state index contributed by atoms with van der Waals surface area (Å²) in [6, 6.07) is 10.9. The first-order chi connectivity index (χ1) is 11.7. The Morgan fingerprint density at radius 1 is 0.880 bits per heavy atom. The molecule has 0 aromatic heterocycles. The van der Waals surface area contributed by atoms with E-state index in [9.17, 15) is 22.8 Å². The number of primary sulfonamides is 1. The third-order valence-corrected chi connectivity index (χ3v) is 4.01. The molecule has 25 heavy (non-hydrogen) atoms. The molecule has 2 aromatic rings. The van der Waals surface area contributed by atoms with Gasteiger partial charge in [0.15, 0.2) is 0 Å². The van der Waals surface area contributed by atoms with E-state index in [1.807, 2.05) is 5.32 Å². The monoisotopic (exact) mass is 362 g/mol. The molecule has 0 aliphatic rings. The molecule has 3 amide bonds. The normalized spacial score (nSPS) is 10.8. The number of nitrogens with two attached hydrogens (primary N) is 2. The van der Waals surface area contributed by atoms with Crippen molar-refractivity contribution in [3.8, 4) is 0 Å². The molecule has 0 atom stereocenters. The van der Waals surface area contributed by atoms with Gasteiger partial charge in [0, 0.05) is 11.4 Å². The van der Waals surface area contributed by atoms with Gasteiger partial charge in [-0.2, -0.15) is 0 Å². The SMILES string of the molecule is Nc1ccccc1C(=O)NC(=O)C(=O)Nc1ccc(S(N)(=O)=O)cc1. The number of amides is 3. The number of carbonyl (C=O) groups excluding carboxylic acids is 3. The van der Waals surface area contributed by atoms with Crippen molar-refractivity contribution in [3.05, 3.63) is 54.1 Å². The van der Waals surface area contributed by atoms with Crippen LogP contribution in [0.15, 0.2) is 53.4 Å². The number of nitrogen functional groups attached to an aromatic ring is 1. The van der Waals surface area contributed by atoms with Crippen LogP contribution in [0.1, 0.15) is 10.4 Å². The van der Waals surface area contributed by atoms with Gasteiger partial charge in [0.1, 0.15) is 0 Å². The van der Waals surface area contributed by atoms with Crippen LogP contribution in [0.5, 0.6) is 0 Å². The predicted molar refractivity (Wildman–Crippen MR) is 89.8 cm³/mol. The minimum Gasteiger partial charge on any atom is -0.398 e. The lowest BCUT2D eigenvalue weighted by molar-refractivity contribution is -0.135. The second-order valence-electron chi connectivity index (χ2n) is 4.89. The molecule has 2 aromatic carbocycles. The van der Waals surface area contributed by atoms with Gasteiger partial charge in [0.2, 0.25) is 10.0 Å². The van der Waals surface area contributed by atoms with Gasteiger partial charge in [-0.05, 0) is 36.4 Å². The van der Waals surface area contributed by atoms with Crippen LogP contribution < -0.4 is 21.5 Å². The van der Waals surface area contributed by atoms with Crippen molar-refractivity contribution < 1.29 is 22.8 Å². The molecule has 10 heteroatoms. The number of nitrogens with one attached hydrogen (secondary N) is 2. The summed E-state index contributed by atoms with van der Waals surface area (Å²) in [6.07, 6.45) is 0. The van der Waals surface area contributed by atoms with E-state index in [0.717, 1.165) is 0 Å². The van der Waals surface area contributed by atoms with Gasteiger partial charge in [-0.1, -0.05) is 12.1 Å². The highest BCUT2D eigenvalue weighted by Crippen LogP contribution is 2.13. The van der Waals surface area contributed by atoms with Crippen molar-refractivity contribution in [3.63, 3.8) is 0 Å². The summed E-state index contributed by atoms with van der Waals surface area (Å²) < 4.78 is 22.3. The molecule has 130 valence electrons. The molecule has 0 aliphatic heterocycles. The minimum absolute atomic E-state index is 0.0566. The van der Waals surface area contributed by atoms with E-state index in [0.29, 0.717) is 0 Å². The number of benzene rings is 2. The Morgan fingerprint density at radius 2 is 1.48 bits per heavy atom. The lowest BCUT2D eigenvalue weighted by atomic mass is 10.1. The summed E-state index contributed by atoms with van der Waals surface area (Å²) in [5.74, 6) is -3.11. The zero-order valence-electron chi connectivity index (χ0n) is 12.7. The topological polar surface area (TPSA) is 161 Å². The first-order valence-corrected chi connectivity index (χ1v) is 8.37. The average Bonchev–Trinajstić information content (AvgIpc) is 2.54.